The summed E-state index contributed by atoms with van der Waals surface area (Å²) in [6.07, 6.45) is -0.433. The standard InChI is InChI=1S/C27H42O7/c1-7-18(16-28)11-17(2)22-14-21(32-5)15-24(29)27(3,4)20-10-8-9-19(12-20)13-23(33-6)25(30)26(31)34-22/h8-12,18,21-25,28-30H,7,13-16H2,1-6H3/b17-11-/t18?,21-,22+,23-,24+,25+/m1/s1. The van der Waals surface area contributed by atoms with E-state index in [9.17, 15) is 20.1 Å². The lowest BCUT2D eigenvalue weighted by Crippen LogP contribution is -2.42. The number of aliphatic hydroxyl groups is 3. The number of hydrogen-bond donors (Lipinski definition) is 3. The minimum atomic E-state index is -1.47. The van der Waals surface area contributed by atoms with Crippen LogP contribution in [0.4, 0.5) is 0 Å². The van der Waals surface area contributed by atoms with E-state index < -0.39 is 41.9 Å². The average Bonchev–Trinajstić information content (AvgIpc) is 2.83. The molecule has 1 heterocycles. The van der Waals surface area contributed by atoms with Gasteiger partial charge in [0.25, 0.3) is 0 Å². The number of fused-ring (bicyclic) bond motifs is 2. The predicted octanol–water partition coefficient (Wildman–Crippen LogP) is 2.93. The van der Waals surface area contributed by atoms with E-state index in [0.717, 1.165) is 23.1 Å². The number of aliphatic hydroxyl groups excluding tert-OH is 3. The SMILES string of the molecule is CCC(/C=C(/C)[C@@H]1C[C@@H](OC)C[C@H](O)C(C)(C)c2cccc(c2)C[C@@H](OC)[C@H](O)C(=O)O1)CO. The first-order valence-electron chi connectivity index (χ1n) is 12.1. The van der Waals surface area contributed by atoms with Gasteiger partial charge in [-0.3, -0.25) is 0 Å². The molecule has 2 bridgehead atoms. The second kappa shape index (κ2) is 12.8. The fourth-order valence-corrected chi connectivity index (χ4v) is 4.39. The van der Waals surface area contributed by atoms with Gasteiger partial charge in [-0.25, -0.2) is 4.79 Å². The van der Waals surface area contributed by atoms with Crippen molar-refractivity contribution in [2.24, 2.45) is 5.92 Å². The molecule has 0 amide bonds. The van der Waals surface area contributed by atoms with E-state index >= 15 is 0 Å². The second-order valence-corrected chi connectivity index (χ2v) is 9.88. The number of hydrogen-bond acceptors (Lipinski definition) is 7. The molecule has 192 valence electrons. The van der Waals surface area contributed by atoms with Gasteiger partial charge in [-0.15, -0.1) is 0 Å². The minimum Gasteiger partial charge on any atom is -0.456 e. The monoisotopic (exact) mass is 478 g/mol. The maximum atomic E-state index is 13.0. The molecule has 2 rings (SSSR count). The summed E-state index contributed by atoms with van der Waals surface area (Å²) in [7, 11) is 3.03. The van der Waals surface area contributed by atoms with E-state index in [1.54, 1.807) is 7.11 Å². The van der Waals surface area contributed by atoms with E-state index in [4.69, 9.17) is 14.2 Å². The summed E-state index contributed by atoms with van der Waals surface area (Å²) in [5, 5.41) is 31.6. The molecule has 7 nitrogen and oxygen atoms in total. The van der Waals surface area contributed by atoms with E-state index in [2.05, 4.69) is 0 Å². The van der Waals surface area contributed by atoms with Gasteiger partial charge in [0, 0.05) is 51.4 Å². The third-order valence-corrected chi connectivity index (χ3v) is 7.16. The zero-order valence-corrected chi connectivity index (χ0v) is 21.4. The topological polar surface area (TPSA) is 105 Å². The fourth-order valence-electron chi connectivity index (χ4n) is 4.39. The van der Waals surface area contributed by atoms with Gasteiger partial charge in [-0.2, -0.15) is 0 Å². The van der Waals surface area contributed by atoms with Crippen molar-refractivity contribution in [1.29, 1.82) is 0 Å². The lowest BCUT2D eigenvalue weighted by molar-refractivity contribution is -0.166. The Labute approximate surface area is 203 Å². The summed E-state index contributed by atoms with van der Waals surface area (Å²) >= 11 is 0. The highest BCUT2D eigenvalue weighted by Crippen LogP contribution is 2.32. The Morgan fingerprint density at radius 1 is 1.24 bits per heavy atom. The molecule has 0 fully saturated rings. The molecule has 1 aliphatic rings. The fraction of sp³-hybridized carbons (Fsp3) is 0.667. The van der Waals surface area contributed by atoms with Crippen LogP contribution in [-0.2, 0) is 30.8 Å². The van der Waals surface area contributed by atoms with E-state index in [1.807, 2.05) is 58.0 Å². The smallest absolute Gasteiger partial charge is 0.338 e. The summed E-state index contributed by atoms with van der Waals surface area (Å²) in [4.78, 5) is 13.0. The van der Waals surface area contributed by atoms with E-state index in [-0.39, 0.29) is 12.5 Å². The molecule has 7 heteroatoms. The number of benzene rings is 1. The first kappa shape index (κ1) is 28.5. The molecule has 6 atom stereocenters. The van der Waals surface area contributed by atoms with Gasteiger partial charge < -0.3 is 29.5 Å². The van der Waals surface area contributed by atoms with Crippen molar-refractivity contribution in [3.63, 3.8) is 0 Å². The van der Waals surface area contributed by atoms with Crippen molar-refractivity contribution in [3.05, 3.63) is 47.0 Å². The van der Waals surface area contributed by atoms with Crippen molar-refractivity contribution in [3.8, 4) is 0 Å². The molecule has 0 spiro atoms. The van der Waals surface area contributed by atoms with Crippen LogP contribution in [0.25, 0.3) is 0 Å². The van der Waals surface area contributed by atoms with Crippen molar-refractivity contribution in [2.45, 2.75) is 89.3 Å². The summed E-state index contributed by atoms with van der Waals surface area (Å²) in [6, 6.07) is 7.78. The molecule has 1 aliphatic heterocycles. The van der Waals surface area contributed by atoms with Gasteiger partial charge in [-0.05, 0) is 30.0 Å². The quantitative estimate of drug-likeness (QED) is 0.426. The van der Waals surface area contributed by atoms with Gasteiger partial charge in [0.1, 0.15) is 6.10 Å². The summed E-state index contributed by atoms with van der Waals surface area (Å²) in [6.45, 7) is 7.79. The Balaban J connectivity index is 2.50. The molecule has 0 saturated heterocycles. The van der Waals surface area contributed by atoms with E-state index in [0.29, 0.717) is 19.3 Å². The van der Waals surface area contributed by atoms with Crippen LogP contribution in [0, 0.1) is 5.92 Å². The Morgan fingerprint density at radius 2 is 1.94 bits per heavy atom. The molecule has 3 N–H and O–H groups in total. The highest BCUT2D eigenvalue weighted by atomic mass is 16.6. The van der Waals surface area contributed by atoms with E-state index in [1.165, 1.54) is 7.11 Å². The van der Waals surface area contributed by atoms with Gasteiger partial charge in [0.05, 0.1) is 18.3 Å². The lowest BCUT2D eigenvalue weighted by Gasteiger charge is -2.35. The van der Waals surface area contributed by atoms with Gasteiger partial charge in [0.2, 0.25) is 0 Å². The number of cyclic esters (lactones) is 1. The number of carbonyl (C=O) groups is 1. The van der Waals surface area contributed by atoms with Gasteiger partial charge >= 0.3 is 5.97 Å². The molecular weight excluding hydrogens is 436 g/mol. The van der Waals surface area contributed by atoms with Crippen LogP contribution >= 0.6 is 0 Å². The molecule has 0 aromatic heterocycles. The Hall–Kier alpha value is -1.77. The Kier molecular flexibility index (Phi) is 10.7. The Bertz CT molecular complexity index is 815. The minimum absolute atomic E-state index is 0.0127. The van der Waals surface area contributed by atoms with Crippen LogP contribution in [0.15, 0.2) is 35.9 Å². The van der Waals surface area contributed by atoms with Crippen molar-refractivity contribution in [2.75, 3.05) is 20.8 Å². The predicted molar refractivity (Wildman–Crippen MR) is 131 cm³/mol. The molecular formula is C27H42O7. The number of ether oxygens (including phenoxy) is 3. The number of rotatable bonds is 6. The molecule has 1 aromatic rings. The zero-order valence-electron chi connectivity index (χ0n) is 21.4. The first-order chi connectivity index (χ1) is 16.1. The average molecular weight is 479 g/mol. The molecule has 1 aromatic carbocycles. The van der Waals surface area contributed by atoms with Crippen molar-refractivity contribution < 1.29 is 34.3 Å². The maximum Gasteiger partial charge on any atom is 0.338 e. The third-order valence-electron chi connectivity index (χ3n) is 7.16. The van der Waals surface area contributed by atoms with Gasteiger partial charge in [-0.1, -0.05) is 51.1 Å². The first-order valence-corrected chi connectivity index (χ1v) is 12.1. The van der Waals surface area contributed by atoms with Crippen molar-refractivity contribution >= 4 is 5.97 Å². The van der Waals surface area contributed by atoms with Crippen LogP contribution < -0.4 is 0 Å². The highest BCUT2D eigenvalue weighted by molar-refractivity contribution is 5.75. The third kappa shape index (κ3) is 7.12. The van der Waals surface area contributed by atoms with Crippen LogP contribution in [0.5, 0.6) is 0 Å². The second-order valence-electron chi connectivity index (χ2n) is 9.88. The lowest BCUT2D eigenvalue weighted by atomic mass is 9.76. The number of esters is 1. The molecule has 0 saturated carbocycles. The summed E-state index contributed by atoms with van der Waals surface area (Å²) in [5.41, 5.74) is 2.05. The maximum absolute atomic E-state index is 13.0. The zero-order chi connectivity index (χ0) is 25.5. The largest absolute Gasteiger partial charge is 0.456 e. The molecule has 0 aliphatic carbocycles. The normalized spacial score (nSPS) is 29.7. The van der Waals surface area contributed by atoms with Crippen LogP contribution in [0.1, 0.15) is 58.1 Å². The molecule has 34 heavy (non-hydrogen) atoms. The van der Waals surface area contributed by atoms with Gasteiger partial charge in [0.15, 0.2) is 6.10 Å². The number of methoxy groups -OCH3 is 2. The molecule has 1 unspecified atom stereocenters. The van der Waals surface area contributed by atoms with Crippen LogP contribution in [0.2, 0.25) is 0 Å². The van der Waals surface area contributed by atoms with Crippen LogP contribution in [0.3, 0.4) is 0 Å². The number of carbonyl (C=O) groups excluding carboxylic acids is 1. The van der Waals surface area contributed by atoms with Crippen LogP contribution in [-0.4, -0.2) is 72.6 Å². The summed E-state index contributed by atoms with van der Waals surface area (Å²) in [5.74, 6) is -0.843. The Morgan fingerprint density at radius 3 is 2.53 bits per heavy atom. The van der Waals surface area contributed by atoms with Crippen molar-refractivity contribution in [1.82, 2.24) is 0 Å². The highest BCUT2D eigenvalue weighted by Gasteiger charge is 2.36. The molecule has 0 radical (unpaired) electrons. The summed E-state index contributed by atoms with van der Waals surface area (Å²) < 4.78 is 17.0.